The normalized spacial score (nSPS) is 27.8. The SMILES string of the molecule is BrC[C@H]1OCC[C@@H]1c1ccccc1. The van der Waals surface area contributed by atoms with Crippen molar-refractivity contribution in [3.05, 3.63) is 35.9 Å². The van der Waals surface area contributed by atoms with Gasteiger partial charge >= 0.3 is 0 Å². The van der Waals surface area contributed by atoms with Gasteiger partial charge in [0.2, 0.25) is 0 Å². The lowest BCUT2D eigenvalue weighted by molar-refractivity contribution is 0.123. The molecule has 1 aromatic carbocycles. The van der Waals surface area contributed by atoms with Crippen molar-refractivity contribution in [1.82, 2.24) is 0 Å². The molecular weight excluding hydrogens is 228 g/mol. The first-order valence-corrected chi connectivity index (χ1v) is 5.76. The fourth-order valence-electron chi connectivity index (χ4n) is 1.88. The third-order valence-corrected chi connectivity index (χ3v) is 3.23. The molecule has 0 unspecified atom stereocenters. The van der Waals surface area contributed by atoms with Gasteiger partial charge in [0.05, 0.1) is 6.10 Å². The van der Waals surface area contributed by atoms with E-state index in [1.54, 1.807) is 0 Å². The number of halogens is 1. The molecule has 0 aliphatic carbocycles. The molecule has 1 saturated heterocycles. The lowest BCUT2D eigenvalue weighted by Crippen LogP contribution is -2.15. The molecule has 0 spiro atoms. The van der Waals surface area contributed by atoms with Crippen LogP contribution in [0.3, 0.4) is 0 Å². The van der Waals surface area contributed by atoms with Crippen molar-refractivity contribution in [1.29, 1.82) is 0 Å². The number of hydrogen-bond acceptors (Lipinski definition) is 1. The van der Waals surface area contributed by atoms with E-state index in [0.717, 1.165) is 18.4 Å². The average molecular weight is 241 g/mol. The fraction of sp³-hybridized carbons (Fsp3) is 0.455. The van der Waals surface area contributed by atoms with E-state index in [-0.39, 0.29) is 0 Å². The van der Waals surface area contributed by atoms with Crippen LogP contribution in [-0.4, -0.2) is 18.0 Å². The third-order valence-electron chi connectivity index (χ3n) is 2.59. The Labute approximate surface area is 87.2 Å². The summed E-state index contributed by atoms with van der Waals surface area (Å²) in [7, 11) is 0. The first-order chi connectivity index (χ1) is 6.42. The number of benzene rings is 1. The van der Waals surface area contributed by atoms with Crippen molar-refractivity contribution in [2.24, 2.45) is 0 Å². The molecule has 1 aromatic rings. The minimum Gasteiger partial charge on any atom is -0.377 e. The molecule has 0 aromatic heterocycles. The van der Waals surface area contributed by atoms with Gasteiger partial charge in [0.25, 0.3) is 0 Å². The van der Waals surface area contributed by atoms with Crippen LogP contribution in [-0.2, 0) is 4.74 Å². The van der Waals surface area contributed by atoms with Crippen LogP contribution in [0.2, 0.25) is 0 Å². The van der Waals surface area contributed by atoms with E-state index in [2.05, 4.69) is 46.3 Å². The Morgan fingerprint density at radius 2 is 2.08 bits per heavy atom. The Balaban J connectivity index is 2.16. The van der Waals surface area contributed by atoms with Crippen molar-refractivity contribution in [2.75, 3.05) is 11.9 Å². The maximum absolute atomic E-state index is 5.62. The zero-order chi connectivity index (χ0) is 9.10. The van der Waals surface area contributed by atoms with Crippen molar-refractivity contribution in [3.8, 4) is 0 Å². The zero-order valence-electron chi connectivity index (χ0n) is 7.45. The summed E-state index contributed by atoms with van der Waals surface area (Å²) in [5.41, 5.74) is 1.41. The second-order valence-corrected chi connectivity index (χ2v) is 4.02. The molecule has 1 aliphatic rings. The minimum atomic E-state index is 0.363. The van der Waals surface area contributed by atoms with Gasteiger partial charge in [0.15, 0.2) is 0 Å². The fourth-order valence-corrected chi connectivity index (χ4v) is 2.52. The lowest BCUT2D eigenvalue weighted by Gasteiger charge is -2.15. The molecule has 1 heterocycles. The molecule has 70 valence electrons. The number of alkyl halides is 1. The molecule has 0 radical (unpaired) electrons. The summed E-state index contributed by atoms with van der Waals surface area (Å²) in [6.45, 7) is 0.899. The van der Waals surface area contributed by atoms with Crippen molar-refractivity contribution < 1.29 is 4.74 Å². The highest BCUT2D eigenvalue weighted by atomic mass is 79.9. The van der Waals surface area contributed by atoms with Crippen LogP contribution in [0.15, 0.2) is 30.3 Å². The van der Waals surface area contributed by atoms with Crippen LogP contribution in [0.4, 0.5) is 0 Å². The van der Waals surface area contributed by atoms with Gasteiger partial charge in [0, 0.05) is 17.9 Å². The van der Waals surface area contributed by atoms with Gasteiger partial charge in [-0.1, -0.05) is 46.3 Å². The highest BCUT2D eigenvalue weighted by Crippen LogP contribution is 2.31. The van der Waals surface area contributed by atoms with Crippen LogP contribution >= 0.6 is 15.9 Å². The quantitative estimate of drug-likeness (QED) is 0.723. The Kier molecular flexibility index (Phi) is 3.01. The topological polar surface area (TPSA) is 9.23 Å². The molecule has 0 N–H and O–H groups in total. The van der Waals surface area contributed by atoms with E-state index in [1.807, 2.05) is 0 Å². The summed E-state index contributed by atoms with van der Waals surface area (Å²) < 4.78 is 5.62. The summed E-state index contributed by atoms with van der Waals surface area (Å²) in [5, 5.41) is 0.937. The standard InChI is InChI=1S/C11H13BrO/c12-8-11-10(6-7-13-11)9-4-2-1-3-5-9/h1-5,10-11H,6-8H2/t10-,11-/m1/s1. The molecule has 1 fully saturated rings. The van der Waals surface area contributed by atoms with Gasteiger partial charge in [-0.3, -0.25) is 0 Å². The highest BCUT2D eigenvalue weighted by Gasteiger charge is 2.28. The Morgan fingerprint density at radius 3 is 2.77 bits per heavy atom. The first kappa shape index (κ1) is 9.22. The summed E-state index contributed by atoms with van der Waals surface area (Å²) in [6.07, 6.45) is 1.52. The van der Waals surface area contributed by atoms with Crippen LogP contribution in [0.5, 0.6) is 0 Å². The van der Waals surface area contributed by atoms with Crippen molar-refractivity contribution >= 4 is 15.9 Å². The smallest absolute Gasteiger partial charge is 0.0741 e. The number of hydrogen-bond donors (Lipinski definition) is 0. The Morgan fingerprint density at radius 1 is 1.31 bits per heavy atom. The summed E-state index contributed by atoms with van der Waals surface area (Å²) in [4.78, 5) is 0. The van der Waals surface area contributed by atoms with Gasteiger partial charge in [-0.2, -0.15) is 0 Å². The van der Waals surface area contributed by atoms with Crippen molar-refractivity contribution in [2.45, 2.75) is 18.4 Å². The van der Waals surface area contributed by atoms with Crippen LogP contribution in [0.25, 0.3) is 0 Å². The van der Waals surface area contributed by atoms with Crippen LogP contribution in [0.1, 0.15) is 17.9 Å². The van der Waals surface area contributed by atoms with Gasteiger partial charge in [-0.25, -0.2) is 0 Å². The third kappa shape index (κ3) is 1.94. The van der Waals surface area contributed by atoms with Crippen molar-refractivity contribution in [3.63, 3.8) is 0 Å². The summed E-state index contributed by atoms with van der Waals surface area (Å²) in [6, 6.07) is 10.6. The largest absolute Gasteiger partial charge is 0.377 e. The molecule has 1 aliphatic heterocycles. The average Bonchev–Trinajstić information content (AvgIpc) is 2.67. The predicted molar refractivity (Wildman–Crippen MR) is 57.3 cm³/mol. The van der Waals surface area contributed by atoms with Gasteiger partial charge in [-0.15, -0.1) is 0 Å². The van der Waals surface area contributed by atoms with E-state index < -0.39 is 0 Å². The lowest BCUT2D eigenvalue weighted by atomic mass is 9.94. The minimum absolute atomic E-state index is 0.363. The Bertz CT molecular complexity index is 260. The molecule has 1 nitrogen and oxygen atoms in total. The number of rotatable bonds is 2. The second kappa shape index (κ2) is 4.25. The van der Waals surface area contributed by atoms with E-state index >= 15 is 0 Å². The second-order valence-electron chi connectivity index (χ2n) is 3.37. The maximum Gasteiger partial charge on any atom is 0.0741 e. The van der Waals surface area contributed by atoms with Gasteiger partial charge < -0.3 is 4.74 Å². The number of ether oxygens (including phenoxy) is 1. The van der Waals surface area contributed by atoms with Gasteiger partial charge in [-0.05, 0) is 12.0 Å². The molecule has 13 heavy (non-hydrogen) atoms. The summed E-state index contributed by atoms with van der Waals surface area (Å²) in [5.74, 6) is 0.584. The maximum atomic E-state index is 5.62. The van der Waals surface area contributed by atoms with E-state index in [9.17, 15) is 0 Å². The highest BCUT2D eigenvalue weighted by molar-refractivity contribution is 9.09. The molecular formula is C11H13BrO. The molecule has 0 amide bonds. The molecule has 0 saturated carbocycles. The van der Waals surface area contributed by atoms with E-state index in [1.165, 1.54) is 5.56 Å². The van der Waals surface area contributed by atoms with E-state index in [0.29, 0.717) is 12.0 Å². The summed E-state index contributed by atoms with van der Waals surface area (Å²) >= 11 is 3.49. The Hall–Kier alpha value is -0.340. The monoisotopic (exact) mass is 240 g/mol. The molecule has 2 rings (SSSR count). The predicted octanol–water partition coefficient (Wildman–Crippen LogP) is 2.95. The molecule has 2 heteroatoms. The van der Waals surface area contributed by atoms with E-state index in [4.69, 9.17) is 4.74 Å². The van der Waals surface area contributed by atoms with Gasteiger partial charge in [0.1, 0.15) is 0 Å². The molecule has 0 bridgehead atoms. The zero-order valence-corrected chi connectivity index (χ0v) is 9.03. The first-order valence-electron chi connectivity index (χ1n) is 4.64. The van der Waals surface area contributed by atoms with Crippen LogP contribution in [0, 0.1) is 0 Å². The van der Waals surface area contributed by atoms with Crippen LogP contribution < -0.4 is 0 Å². The molecule has 2 atom stereocenters.